The lowest BCUT2D eigenvalue weighted by molar-refractivity contribution is 0.102. The molecule has 2 aromatic rings. The summed E-state index contributed by atoms with van der Waals surface area (Å²) in [6, 6.07) is 8.44. The first kappa shape index (κ1) is 19.4. The van der Waals surface area contributed by atoms with E-state index < -0.39 is 27.6 Å². The second kappa shape index (κ2) is 8.14. The lowest BCUT2D eigenvalue weighted by Crippen LogP contribution is -2.36. The van der Waals surface area contributed by atoms with E-state index in [2.05, 4.69) is 10.0 Å². The summed E-state index contributed by atoms with van der Waals surface area (Å²) < 4.78 is 53.8. The van der Waals surface area contributed by atoms with Gasteiger partial charge in [-0.2, -0.15) is 0 Å². The molecular formula is C19H20F2N2O3S. The average molecular weight is 394 g/mol. The smallest absolute Gasteiger partial charge is 0.255 e. The average Bonchev–Trinajstić information content (AvgIpc) is 2.65. The Labute approximate surface area is 156 Å². The zero-order valence-corrected chi connectivity index (χ0v) is 15.4. The highest BCUT2D eigenvalue weighted by Gasteiger charge is 2.22. The lowest BCUT2D eigenvalue weighted by Gasteiger charge is -2.22. The van der Waals surface area contributed by atoms with E-state index in [4.69, 9.17) is 0 Å². The van der Waals surface area contributed by atoms with Crippen LogP contribution < -0.4 is 10.0 Å². The molecule has 0 aliphatic heterocycles. The monoisotopic (exact) mass is 394 g/mol. The summed E-state index contributed by atoms with van der Waals surface area (Å²) in [5.41, 5.74) is 0.311. The predicted molar refractivity (Wildman–Crippen MR) is 97.9 cm³/mol. The van der Waals surface area contributed by atoms with E-state index >= 15 is 0 Å². The molecule has 0 saturated heterocycles. The van der Waals surface area contributed by atoms with Crippen LogP contribution >= 0.6 is 0 Å². The molecule has 0 radical (unpaired) electrons. The molecule has 0 bridgehead atoms. The molecule has 1 fully saturated rings. The van der Waals surface area contributed by atoms with Gasteiger partial charge in [0.05, 0.1) is 4.90 Å². The van der Waals surface area contributed by atoms with Crippen LogP contribution in [-0.2, 0) is 10.0 Å². The van der Waals surface area contributed by atoms with Crippen molar-refractivity contribution in [3.8, 4) is 0 Å². The first-order valence-electron chi connectivity index (χ1n) is 8.74. The summed E-state index contributed by atoms with van der Waals surface area (Å²) in [6.07, 6.45) is 4.80. The van der Waals surface area contributed by atoms with E-state index in [0.717, 1.165) is 44.2 Å². The molecule has 2 aromatic carbocycles. The molecule has 0 unspecified atom stereocenters. The fourth-order valence-corrected chi connectivity index (χ4v) is 4.38. The maximum absolute atomic E-state index is 13.2. The summed E-state index contributed by atoms with van der Waals surface area (Å²) in [6.45, 7) is 0. The van der Waals surface area contributed by atoms with E-state index in [1.165, 1.54) is 30.3 Å². The number of hydrogen-bond acceptors (Lipinski definition) is 3. The van der Waals surface area contributed by atoms with Crippen molar-refractivity contribution in [2.24, 2.45) is 0 Å². The van der Waals surface area contributed by atoms with Crippen LogP contribution in [0, 0.1) is 11.6 Å². The molecule has 1 saturated carbocycles. The van der Waals surface area contributed by atoms with E-state index in [1.54, 1.807) is 0 Å². The molecule has 1 aliphatic carbocycles. The van der Waals surface area contributed by atoms with Crippen molar-refractivity contribution in [3.63, 3.8) is 0 Å². The van der Waals surface area contributed by atoms with Crippen molar-refractivity contribution in [2.45, 2.75) is 43.0 Å². The third-order valence-electron chi connectivity index (χ3n) is 4.53. The van der Waals surface area contributed by atoms with E-state index in [1.807, 2.05) is 0 Å². The van der Waals surface area contributed by atoms with Gasteiger partial charge in [0.25, 0.3) is 5.91 Å². The molecule has 0 spiro atoms. The van der Waals surface area contributed by atoms with Crippen LogP contribution in [0.1, 0.15) is 42.5 Å². The quantitative estimate of drug-likeness (QED) is 0.809. The van der Waals surface area contributed by atoms with Crippen LogP contribution in [0.4, 0.5) is 14.5 Å². The zero-order chi connectivity index (χ0) is 19.4. The fraction of sp³-hybridized carbons (Fsp3) is 0.316. The van der Waals surface area contributed by atoms with Gasteiger partial charge >= 0.3 is 0 Å². The van der Waals surface area contributed by atoms with Crippen molar-refractivity contribution >= 4 is 21.6 Å². The first-order chi connectivity index (χ1) is 12.8. The number of anilines is 1. The molecular weight excluding hydrogens is 374 g/mol. The summed E-state index contributed by atoms with van der Waals surface area (Å²) in [5.74, 6) is -2.62. The van der Waals surface area contributed by atoms with Gasteiger partial charge in [-0.25, -0.2) is 21.9 Å². The third kappa shape index (κ3) is 4.90. The van der Waals surface area contributed by atoms with Gasteiger partial charge in [0.2, 0.25) is 10.0 Å². The standard InChI is InChI=1S/C19H20F2N2O3S/c20-17-11-8-15(12-18(17)21)22-19(24)13-6-9-16(10-7-13)27(25,26)23-14-4-2-1-3-5-14/h6-12,14,23H,1-5H2,(H,22,24). The summed E-state index contributed by atoms with van der Waals surface area (Å²) in [7, 11) is -3.64. The van der Waals surface area contributed by atoms with Crippen molar-refractivity contribution in [2.75, 3.05) is 5.32 Å². The van der Waals surface area contributed by atoms with Crippen molar-refractivity contribution in [1.29, 1.82) is 0 Å². The highest BCUT2D eigenvalue weighted by atomic mass is 32.2. The largest absolute Gasteiger partial charge is 0.322 e. The molecule has 5 nitrogen and oxygen atoms in total. The number of carbonyl (C=O) groups excluding carboxylic acids is 1. The predicted octanol–water partition coefficient (Wildman–Crippen LogP) is 3.83. The summed E-state index contributed by atoms with van der Waals surface area (Å²) >= 11 is 0. The van der Waals surface area contributed by atoms with E-state index in [9.17, 15) is 22.0 Å². The Morgan fingerprint density at radius 2 is 1.59 bits per heavy atom. The molecule has 1 amide bonds. The zero-order valence-electron chi connectivity index (χ0n) is 14.5. The third-order valence-corrected chi connectivity index (χ3v) is 6.07. The maximum atomic E-state index is 13.2. The molecule has 27 heavy (non-hydrogen) atoms. The molecule has 144 valence electrons. The fourth-order valence-electron chi connectivity index (χ4n) is 3.07. The number of hydrogen-bond donors (Lipinski definition) is 2. The summed E-state index contributed by atoms with van der Waals surface area (Å²) in [5, 5.41) is 2.44. The Bertz CT molecular complexity index is 924. The normalized spacial score (nSPS) is 15.5. The Morgan fingerprint density at radius 3 is 2.22 bits per heavy atom. The molecule has 8 heteroatoms. The highest BCUT2D eigenvalue weighted by molar-refractivity contribution is 7.89. The van der Waals surface area contributed by atoms with Crippen LogP contribution in [0.3, 0.4) is 0 Å². The van der Waals surface area contributed by atoms with Crippen LogP contribution in [0.5, 0.6) is 0 Å². The molecule has 2 N–H and O–H groups in total. The number of benzene rings is 2. The number of rotatable bonds is 5. The maximum Gasteiger partial charge on any atom is 0.255 e. The number of nitrogens with one attached hydrogen (secondary N) is 2. The second-order valence-corrected chi connectivity index (χ2v) is 8.28. The Hall–Kier alpha value is -2.32. The van der Waals surface area contributed by atoms with Gasteiger partial charge in [-0.1, -0.05) is 19.3 Å². The van der Waals surface area contributed by atoms with Crippen LogP contribution in [0.25, 0.3) is 0 Å². The second-order valence-electron chi connectivity index (χ2n) is 6.56. The minimum atomic E-state index is -3.64. The minimum absolute atomic E-state index is 0.0555. The number of sulfonamides is 1. The van der Waals surface area contributed by atoms with Gasteiger partial charge in [-0.05, 0) is 49.2 Å². The van der Waals surface area contributed by atoms with Gasteiger partial charge in [-0.3, -0.25) is 4.79 Å². The molecule has 3 rings (SSSR count). The van der Waals surface area contributed by atoms with Crippen LogP contribution in [0.15, 0.2) is 47.4 Å². The Morgan fingerprint density at radius 1 is 0.926 bits per heavy atom. The Balaban J connectivity index is 1.68. The van der Waals surface area contributed by atoms with Crippen molar-refractivity contribution < 1.29 is 22.0 Å². The lowest BCUT2D eigenvalue weighted by atomic mass is 9.96. The first-order valence-corrected chi connectivity index (χ1v) is 10.2. The molecule has 1 aliphatic rings. The number of halogens is 2. The number of amides is 1. The van der Waals surface area contributed by atoms with Gasteiger partial charge in [0, 0.05) is 23.4 Å². The van der Waals surface area contributed by atoms with E-state index in [0.29, 0.717) is 0 Å². The van der Waals surface area contributed by atoms with Crippen molar-refractivity contribution in [3.05, 3.63) is 59.7 Å². The highest BCUT2D eigenvalue weighted by Crippen LogP contribution is 2.20. The van der Waals surface area contributed by atoms with Gasteiger partial charge < -0.3 is 5.32 Å². The summed E-state index contributed by atoms with van der Waals surface area (Å²) in [4.78, 5) is 12.3. The molecule has 0 heterocycles. The number of carbonyl (C=O) groups is 1. The minimum Gasteiger partial charge on any atom is -0.322 e. The van der Waals surface area contributed by atoms with Gasteiger partial charge in [0.1, 0.15) is 0 Å². The van der Waals surface area contributed by atoms with Crippen LogP contribution in [-0.4, -0.2) is 20.4 Å². The molecule has 0 aromatic heterocycles. The SMILES string of the molecule is O=C(Nc1ccc(F)c(F)c1)c1ccc(S(=O)(=O)NC2CCCCC2)cc1. The van der Waals surface area contributed by atoms with Gasteiger partial charge in [-0.15, -0.1) is 0 Å². The topological polar surface area (TPSA) is 75.3 Å². The van der Waals surface area contributed by atoms with Gasteiger partial charge in [0.15, 0.2) is 11.6 Å². The van der Waals surface area contributed by atoms with E-state index in [-0.39, 0.29) is 22.2 Å². The van der Waals surface area contributed by atoms with Crippen molar-refractivity contribution in [1.82, 2.24) is 4.72 Å². The molecule has 0 atom stereocenters. The van der Waals surface area contributed by atoms with Crippen LogP contribution in [0.2, 0.25) is 0 Å². The Kier molecular flexibility index (Phi) is 5.86.